The molecule has 1 N–H and O–H groups in total. The monoisotopic (exact) mass is 208 g/mol. The Hall–Kier alpha value is -0.0800. The lowest BCUT2D eigenvalue weighted by Gasteiger charge is -2.31. The van der Waals surface area contributed by atoms with Crippen LogP contribution in [0.5, 0.6) is 0 Å². The summed E-state index contributed by atoms with van der Waals surface area (Å²) < 4.78 is 0. The van der Waals surface area contributed by atoms with Crippen LogP contribution in [0.2, 0.25) is 0 Å². The molecule has 0 spiro atoms. The molecule has 0 bridgehead atoms. The molecule has 3 rings (SSSR count). The van der Waals surface area contributed by atoms with Gasteiger partial charge >= 0.3 is 0 Å². The molecule has 0 aromatic rings. The van der Waals surface area contributed by atoms with Crippen molar-refractivity contribution >= 4 is 0 Å². The first-order chi connectivity index (χ1) is 7.43. The lowest BCUT2D eigenvalue weighted by atomic mass is 9.94. The molecule has 1 saturated carbocycles. The van der Waals surface area contributed by atoms with Crippen LogP contribution < -0.4 is 5.32 Å². The van der Waals surface area contributed by atoms with E-state index in [-0.39, 0.29) is 0 Å². The quantitative estimate of drug-likeness (QED) is 0.709. The fourth-order valence-corrected chi connectivity index (χ4v) is 3.82. The van der Waals surface area contributed by atoms with Gasteiger partial charge in [-0.2, -0.15) is 0 Å². The molecule has 2 aliphatic heterocycles. The minimum absolute atomic E-state index is 0.834. The van der Waals surface area contributed by atoms with E-state index in [4.69, 9.17) is 0 Å². The predicted molar refractivity (Wildman–Crippen MR) is 63.0 cm³/mol. The molecular formula is C13H24N2. The van der Waals surface area contributed by atoms with Gasteiger partial charge in [0.05, 0.1) is 0 Å². The van der Waals surface area contributed by atoms with Crippen LogP contribution >= 0.6 is 0 Å². The number of rotatable bonds is 1. The van der Waals surface area contributed by atoms with Crippen molar-refractivity contribution in [2.75, 3.05) is 19.6 Å². The van der Waals surface area contributed by atoms with Crippen molar-refractivity contribution in [1.82, 2.24) is 10.2 Å². The van der Waals surface area contributed by atoms with Crippen LogP contribution in [0.4, 0.5) is 0 Å². The SMILES string of the molecule is C1CCC(N2CC3CCCNC3C2)CC1. The highest BCUT2D eigenvalue weighted by atomic mass is 15.2. The standard InChI is InChI=1S/C13H24N2/c1-2-6-12(7-3-1)15-9-11-5-4-8-14-13(11)10-15/h11-14H,1-10H2. The van der Waals surface area contributed by atoms with Crippen LogP contribution in [-0.4, -0.2) is 36.6 Å². The first kappa shape index (κ1) is 10.1. The van der Waals surface area contributed by atoms with Crippen molar-refractivity contribution in [2.24, 2.45) is 5.92 Å². The van der Waals surface area contributed by atoms with Gasteiger partial charge in [0.1, 0.15) is 0 Å². The molecule has 15 heavy (non-hydrogen) atoms. The summed E-state index contributed by atoms with van der Waals surface area (Å²) in [6, 6.07) is 1.77. The molecule has 0 amide bonds. The lowest BCUT2D eigenvalue weighted by Crippen LogP contribution is -2.41. The molecule has 1 aliphatic carbocycles. The number of nitrogens with one attached hydrogen (secondary N) is 1. The molecule has 0 radical (unpaired) electrons. The minimum Gasteiger partial charge on any atom is -0.312 e. The molecule has 3 aliphatic rings. The second kappa shape index (κ2) is 4.42. The Bertz CT molecular complexity index is 197. The van der Waals surface area contributed by atoms with Gasteiger partial charge in [0.15, 0.2) is 0 Å². The predicted octanol–water partition coefficient (Wildman–Crippen LogP) is 2.00. The molecule has 86 valence electrons. The van der Waals surface area contributed by atoms with E-state index in [1.807, 2.05) is 0 Å². The number of fused-ring (bicyclic) bond motifs is 1. The Morgan fingerprint density at radius 2 is 1.73 bits per heavy atom. The molecule has 0 aromatic heterocycles. The van der Waals surface area contributed by atoms with Gasteiger partial charge in [0.2, 0.25) is 0 Å². The van der Waals surface area contributed by atoms with Crippen molar-refractivity contribution in [2.45, 2.75) is 57.0 Å². The average molecular weight is 208 g/mol. The van der Waals surface area contributed by atoms with Crippen molar-refractivity contribution in [1.29, 1.82) is 0 Å². The third kappa shape index (κ3) is 2.07. The van der Waals surface area contributed by atoms with E-state index < -0.39 is 0 Å². The maximum absolute atomic E-state index is 3.71. The molecule has 2 nitrogen and oxygen atoms in total. The summed E-state index contributed by atoms with van der Waals surface area (Å²) in [5, 5.41) is 3.71. The van der Waals surface area contributed by atoms with E-state index in [1.54, 1.807) is 0 Å². The van der Waals surface area contributed by atoms with Gasteiger partial charge in [-0.25, -0.2) is 0 Å². The van der Waals surface area contributed by atoms with E-state index in [0.29, 0.717) is 0 Å². The van der Waals surface area contributed by atoms with E-state index in [0.717, 1.165) is 18.0 Å². The van der Waals surface area contributed by atoms with Gasteiger partial charge in [-0.1, -0.05) is 19.3 Å². The summed E-state index contributed by atoms with van der Waals surface area (Å²) in [4.78, 5) is 2.80. The van der Waals surface area contributed by atoms with Gasteiger partial charge in [-0.3, -0.25) is 4.90 Å². The van der Waals surface area contributed by atoms with Crippen molar-refractivity contribution < 1.29 is 0 Å². The number of hydrogen-bond acceptors (Lipinski definition) is 2. The van der Waals surface area contributed by atoms with Crippen LogP contribution in [0.25, 0.3) is 0 Å². The zero-order valence-corrected chi connectivity index (χ0v) is 9.75. The normalized spacial score (nSPS) is 39.2. The molecule has 3 fully saturated rings. The van der Waals surface area contributed by atoms with Crippen molar-refractivity contribution in [3.05, 3.63) is 0 Å². The molecule has 2 unspecified atom stereocenters. The van der Waals surface area contributed by atoms with E-state index in [9.17, 15) is 0 Å². The van der Waals surface area contributed by atoms with Crippen LogP contribution in [0.3, 0.4) is 0 Å². The van der Waals surface area contributed by atoms with Gasteiger partial charge < -0.3 is 5.32 Å². The second-order valence-electron chi connectivity index (χ2n) is 5.71. The maximum Gasteiger partial charge on any atom is 0.0235 e. The fourth-order valence-electron chi connectivity index (χ4n) is 3.82. The largest absolute Gasteiger partial charge is 0.312 e. The third-order valence-electron chi connectivity index (χ3n) is 4.72. The molecule has 0 aromatic carbocycles. The second-order valence-corrected chi connectivity index (χ2v) is 5.71. The van der Waals surface area contributed by atoms with Crippen LogP contribution in [0.15, 0.2) is 0 Å². The Kier molecular flexibility index (Phi) is 2.98. The zero-order valence-electron chi connectivity index (χ0n) is 9.75. The van der Waals surface area contributed by atoms with Crippen LogP contribution in [0.1, 0.15) is 44.9 Å². The highest BCUT2D eigenvalue weighted by molar-refractivity contribution is 4.94. The zero-order chi connectivity index (χ0) is 10.1. The van der Waals surface area contributed by atoms with E-state index in [2.05, 4.69) is 10.2 Å². The summed E-state index contributed by atoms with van der Waals surface area (Å²) in [7, 11) is 0. The Morgan fingerprint density at radius 1 is 0.867 bits per heavy atom. The first-order valence-electron chi connectivity index (χ1n) is 6.91. The Morgan fingerprint density at radius 3 is 2.53 bits per heavy atom. The number of hydrogen-bond donors (Lipinski definition) is 1. The van der Waals surface area contributed by atoms with Gasteiger partial charge in [-0.05, 0) is 38.1 Å². The Balaban J connectivity index is 1.59. The smallest absolute Gasteiger partial charge is 0.0235 e. The molecule has 2 heteroatoms. The lowest BCUT2D eigenvalue weighted by molar-refractivity contribution is 0.184. The van der Waals surface area contributed by atoms with E-state index >= 15 is 0 Å². The number of nitrogens with zero attached hydrogens (tertiary/aromatic N) is 1. The highest BCUT2D eigenvalue weighted by Crippen LogP contribution is 2.30. The summed E-state index contributed by atoms with van der Waals surface area (Å²) in [6.07, 6.45) is 10.3. The van der Waals surface area contributed by atoms with Gasteiger partial charge in [0, 0.05) is 25.2 Å². The van der Waals surface area contributed by atoms with Gasteiger partial charge in [0.25, 0.3) is 0 Å². The minimum atomic E-state index is 0.834. The molecule has 2 atom stereocenters. The molecular weight excluding hydrogens is 184 g/mol. The summed E-state index contributed by atoms with van der Waals surface area (Å²) in [6.45, 7) is 4.00. The van der Waals surface area contributed by atoms with Gasteiger partial charge in [-0.15, -0.1) is 0 Å². The topological polar surface area (TPSA) is 15.3 Å². The molecule has 2 heterocycles. The first-order valence-corrected chi connectivity index (χ1v) is 6.91. The Labute approximate surface area is 93.4 Å². The highest BCUT2D eigenvalue weighted by Gasteiger charge is 2.37. The number of piperidine rings is 1. The third-order valence-corrected chi connectivity index (χ3v) is 4.72. The van der Waals surface area contributed by atoms with Crippen LogP contribution in [-0.2, 0) is 0 Å². The van der Waals surface area contributed by atoms with E-state index in [1.165, 1.54) is 64.6 Å². The maximum atomic E-state index is 3.71. The van der Waals surface area contributed by atoms with Crippen molar-refractivity contribution in [3.8, 4) is 0 Å². The molecule has 2 saturated heterocycles. The van der Waals surface area contributed by atoms with Crippen LogP contribution in [0, 0.1) is 5.92 Å². The fraction of sp³-hybridized carbons (Fsp3) is 1.00. The summed E-state index contributed by atoms with van der Waals surface area (Å²) in [5.74, 6) is 0.973. The summed E-state index contributed by atoms with van der Waals surface area (Å²) >= 11 is 0. The average Bonchev–Trinajstić information content (AvgIpc) is 2.74. The van der Waals surface area contributed by atoms with Crippen molar-refractivity contribution in [3.63, 3.8) is 0 Å². The summed E-state index contributed by atoms with van der Waals surface area (Å²) in [5.41, 5.74) is 0. The number of likely N-dealkylation sites (tertiary alicyclic amines) is 1.